The molecule has 3 rings (SSSR count). The lowest BCUT2D eigenvalue weighted by Gasteiger charge is -2.37. The molecule has 0 radical (unpaired) electrons. The van der Waals surface area contributed by atoms with E-state index in [1.54, 1.807) is 12.1 Å². The smallest absolute Gasteiger partial charge is 0.306 e. The Bertz CT molecular complexity index is 723. The highest BCUT2D eigenvalue weighted by Crippen LogP contribution is 2.34. The van der Waals surface area contributed by atoms with Crippen molar-refractivity contribution in [1.29, 1.82) is 0 Å². The van der Waals surface area contributed by atoms with Gasteiger partial charge in [0.1, 0.15) is 5.82 Å². The van der Waals surface area contributed by atoms with Crippen LogP contribution in [0.2, 0.25) is 0 Å². The summed E-state index contributed by atoms with van der Waals surface area (Å²) < 4.78 is 13.8. The Labute approximate surface area is 141 Å². The summed E-state index contributed by atoms with van der Waals surface area (Å²) in [4.78, 5) is 13.5. The normalized spacial score (nSPS) is 17.6. The fraction of sp³-hybridized carbons (Fsp3) is 0.350. The first-order valence-corrected chi connectivity index (χ1v) is 8.34. The molecular weight excluding hydrogens is 305 g/mol. The van der Waals surface area contributed by atoms with E-state index in [2.05, 4.69) is 24.0 Å². The van der Waals surface area contributed by atoms with E-state index < -0.39 is 5.97 Å². The molecule has 126 valence electrons. The van der Waals surface area contributed by atoms with Crippen LogP contribution < -0.4 is 0 Å². The number of nitrogens with zero attached hydrogens (tertiary/aromatic N) is 1. The summed E-state index contributed by atoms with van der Waals surface area (Å²) in [6.45, 7) is 3.46. The Hall–Kier alpha value is -2.20. The van der Waals surface area contributed by atoms with Crippen LogP contribution in [0, 0.1) is 18.7 Å². The van der Waals surface area contributed by atoms with Crippen LogP contribution in [0.15, 0.2) is 48.5 Å². The van der Waals surface area contributed by atoms with Crippen molar-refractivity contribution in [3.63, 3.8) is 0 Å². The van der Waals surface area contributed by atoms with Gasteiger partial charge < -0.3 is 5.11 Å². The van der Waals surface area contributed by atoms with E-state index in [-0.39, 0.29) is 17.8 Å². The number of hydrogen-bond donors (Lipinski definition) is 1. The van der Waals surface area contributed by atoms with E-state index in [1.807, 2.05) is 18.2 Å². The number of aryl methyl sites for hydroxylation is 1. The minimum Gasteiger partial charge on any atom is -0.481 e. The number of carboxylic acid groups (broad SMARTS) is 1. The van der Waals surface area contributed by atoms with Crippen molar-refractivity contribution in [2.45, 2.75) is 25.8 Å². The molecule has 1 unspecified atom stereocenters. The van der Waals surface area contributed by atoms with Gasteiger partial charge in [0.25, 0.3) is 0 Å². The van der Waals surface area contributed by atoms with Crippen molar-refractivity contribution >= 4 is 5.97 Å². The van der Waals surface area contributed by atoms with Crippen LogP contribution in [0.5, 0.6) is 0 Å². The standard InChI is InChI=1S/C20H22FNO2/c1-14-5-2-3-8-18(14)19(16-6-4-7-17(21)13-16)22-11-9-15(10-12-22)20(23)24/h2-8,13,15,19H,9-12H2,1H3,(H,23,24). The summed E-state index contributed by atoms with van der Waals surface area (Å²) >= 11 is 0. The Morgan fingerprint density at radius 3 is 2.50 bits per heavy atom. The summed E-state index contributed by atoms with van der Waals surface area (Å²) in [6, 6.07) is 14.8. The van der Waals surface area contributed by atoms with E-state index in [9.17, 15) is 14.3 Å². The number of piperidine rings is 1. The summed E-state index contributed by atoms with van der Waals surface area (Å²) in [7, 11) is 0. The van der Waals surface area contributed by atoms with Gasteiger partial charge in [0, 0.05) is 0 Å². The number of benzene rings is 2. The molecule has 0 saturated carbocycles. The molecule has 1 N–H and O–H groups in total. The quantitative estimate of drug-likeness (QED) is 0.922. The molecule has 1 fully saturated rings. The van der Waals surface area contributed by atoms with Crippen LogP contribution in [0.4, 0.5) is 4.39 Å². The first-order chi connectivity index (χ1) is 11.6. The predicted molar refractivity (Wildman–Crippen MR) is 91.4 cm³/mol. The number of hydrogen-bond acceptors (Lipinski definition) is 2. The molecule has 1 aliphatic heterocycles. The number of rotatable bonds is 4. The van der Waals surface area contributed by atoms with E-state index >= 15 is 0 Å². The molecule has 3 nitrogen and oxygen atoms in total. The molecule has 1 atom stereocenters. The number of likely N-dealkylation sites (tertiary alicyclic amines) is 1. The van der Waals surface area contributed by atoms with Gasteiger partial charge in [0.2, 0.25) is 0 Å². The average Bonchev–Trinajstić information content (AvgIpc) is 2.57. The second kappa shape index (κ2) is 7.14. The maximum atomic E-state index is 13.8. The van der Waals surface area contributed by atoms with Crippen LogP contribution in [-0.4, -0.2) is 29.1 Å². The van der Waals surface area contributed by atoms with Crippen molar-refractivity contribution < 1.29 is 14.3 Å². The van der Waals surface area contributed by atoms with Gasteiger partial charge in [-0.15, -0.1) is 0 Å². The molecule has 4 heteroatoms. The third kappa shape index (κ3) is 3.49. The maximum Gasteiger partial charge on any atom is 0.306 e. The zero-order valence-corrected chi connectivity index (χ0v) is 13.8. The Balaban J connectivity index is 1.95. The zero-order chi connectivity index (χ0) is 17.1. The van der Waals surface area contributed by atoms with Crippen LogP contribution in [-0.2, 0) is 4.79 Å². The van der Waals surface area contributed by atoms with E-state index in [0.29, 0.717) is 25.9 Å². The summed E-state index contributed by atoms with van der Waals surface area (Å²) in [6.07, 6.45) is 1.26. The lowest BCUT2D eigenvalue weighted by atomic mass is 9.89. The van der Waals surface area contributed by atoms with Crippen LogP contribution >= 0.6 is 0 Å². The van der Waals surface area contributed by atoms with E-state index in [4.69, 9.17) is 0 Å². The predicted octanol–water partition coefficient (Wildman–Crippen LogP) is 4.02. The molecule has 0 spiro atoms. The molecule has 2 aromatic rings. The SMILES string of the molecule is Cc1ccccc1C(c1cccc(F)c1)N1CCC(C(=O)O)CC1. The minimum absolute atomic E-state index is 0.0448. The highest BCUT2D eigenvalue weighted by molar-refractivity contribution is 5.70. The second-order valence-corrected chi connectivity index (χ2v) is 6.46. The maximum absolute atomic E-state index is 13.8. The number of halogens is 1. The minimum atomic E-state index is -0.715. The fourth-order valence-corrected chi connectivity index (χ4v) is 3.56. The van der Waals surface area contributed by atoms with Crippen molar-refractivity contribution in [3.8, 4) is 0 Å². The molecule has 1 saturated heterocycles. The fourth-order valence-electron chi connectivity index (χ4n) is 3.56. The van der Waals surface area contributed by atoms with Gasteiger partial charge in [0.05, 0.1) is 12.0 Å². The average molecular weight is 327 g/mol. The van der Waals surface area contributed by atoms with E-state index in [1.165, 1.54) is 6.07 Å². The third-order valence-corrected chi connectivity index (χ3v) is 4.89. The van der Waals surface area contributed by atoms with Crippen LogP contribution in [0.3, 0.4) is 0 Å². The highest BCUT2D eigenvalue weighted by atomic mass is 19.1. The van der Waals surface area contributed by atoms with Gasteiger partial charge in [-0.05, 0) is 61.7 Å². The first kappa shape index (κ1) is 16.7. The van der Waals surface area contributed by atoms with Crippen molar-refractivity contribution in [3.05, 3.63) is 71.0 Å². The van der Waals surface area contributed by atoms with Crippen molar-refractivity contribution in [2.24, 2.45) is 5.92 Å². The number of aliphatic carboxylic acids is 1. The van der Waals surface area contributed by atoms with Gasteiger partial charge >= 0.3 is 5.97 Å². The van der Waals surface area contributed by atoms with Gasteiger partial charge in [-0.3, -0.25) is 9.69 Å². The molecule has 0 aliphatic carbocycles. The highest BCUT2D eigenvalue weighted by Gasteiger charge is 2.30. The lowest BCUT2D eigenvalue weighted by molar-refractivity contribution is -0.143. The van der Waals surface area contributed by atoms with Crippen LogP contribution in [0.1, 0.15) is 35.6 Å². The largest absolute Gasteiger partial charge is 0.481 e. The van der Waals surface area contributed by atoms with Crippen molar-refractivity contribution in [2.75, 3.05) is 13.1 Å². The van der Waals surface area contributed by atoms with Gasteiger partial charge in [-0.1, -0.05) is 36.4 Å². The number of carbonyl (C=O) groups is 1. The Kier molecular flexibility index (Phi) is 4.95. The molecule has 1 heterocycles. The van der Waals surface area contributed by atoms with Crippen LogP contribution in [0.25, 0.3) is 0 Å². The van der Waals surface area contributed by atoms with Gasteiger partial charge in [0.15, 0.2) is 0 Å². The summed E-state index contributed by atoms with van der Waals surface area (Å²) in [5.41, 5.74) is 3.22. The zero-order valence-electron chi connectivity index (χ0n) is 13.8. The van der Waals surface area contributed by atoms with Crippen molar-refractivity contribution in [1.82, 2.24) is 4.90 Å². The molecular formula is C20H22FNO2. The number of carboxylic acids is 1. The summed E-state index contributed by atoms with van der Waals surface area (Å²) in [5.74, 6) is -1.23. The Morgan fingerprint density at radius 1 is 1.17 bits per heavy atom. The monoisotopic (exact) mass is 327 g/mol. The molecule has 1 aliphatic rings. The molecule has 0 amide bonds. The van der Waals surface area contributed by atoms with Gasteiger partial charge in [-0.25, -0.2) is 4.39 Å². The Morgan fingerprint density at radius 2 is 1.88 bits per heavy atom. The van der Waals surface area contributed by atoms with E-state index in [0.717, 1.165) is 16.7 Å². The topological polar surface area (TPSA) is 40.5 Å². The molecule has 24 heavy (non-hydrogen) atoms. The molecule has 0 aromatic heterocycles. The molecule has 2 aromatic carbocycles. The van der Waals surface area contributed by atoms with Gasteiger partial charge in [-0.2, -0.15) is 0 Å². The third-order valence-electron chi connectivity index (χ3n) is 4.89. The molecule has 0 bridgehead atoms. The lowest BCUT2D eigenvalue weighted by Crippen LogP contribution is -2.39. The first-order valence-electron chi connectivity index (χ1n) is 8.34. The second-order valence-electron chi connectivity index (χ2n) is 6.46. The summed E-state index contributed by atoms with van der Waals surface area (Å²) in [5, 5.41) is 9.21.